The molecule has 0 spiro atoms. The van der Waals surface area contributed by atoms with E-state index in [-0.39, 0.29) is 23.2 Å². The van der Waals surface area contributed by atoms with Crippen LogP contribution in [0.1, 0.15) is 40.6 Å². The van der Waals surface area contributed by atoms with Gasteiger partial charge in [-0.1, -0.05) is 12.1 Å². The molecule has 0 aliphatic carbocycles. The molecule has 0 saturated carbocycles. The summed E-state index contributed by atoms with van der Waals surface area (Å²) in [6.45, 7) is 0.649. The number of nitrogens with one attached hydrogen (secondary N) is 2. The van der Waals surface area contributed by atoms with Crippen molar-refractivity contribution in [3.63, 3.8) is 0 Å². The monoisotopic (exact) mass is 471 g/mol. The molecular weight excluding hydrogens is 451 g/mol. The number of imidazole rings is 1. The lowest BCUT2D eigenvalue weighted by Crippen LogP contribution is -2.45. The first-order valence-electron chi connectivity index (χ1n) is 10.4. The summed E-state index contributed by atoms with van der Waals surface area (Å²) in [6, 6.07) is 12.3. The molecule has 1 aliphatic heterocycles. The van der Waals surface area contributed by atoms with E-state index < -0.39 is 23.8 Å². The molecule has 1 aliphatic rings. The van der Waals surface area contributed by atoms with Gasteiger partial charge in [0.15, 0.2) is 0 Å². The number of esters is 1. The van der Waals surface area contributed by atoms with Gasteiger partial charge in [-0.15, -0.1) is 0 Å². The Morgan fingerprint density at radius 2 is 2.03 bits per heavy atom. The predicted molar refractivity (Wildman–Crippen MR) is 115 cm³/mol. The highest BCUT2D eigenvalue weighted by atomic mass is 19.4. The maximum absolute atomic E-state index is 12.9. The van der Waals surface area contributed by atoms with Crippen molar-refractivity contribution in [1.29, 1.82) is 5.26 Å². The van der Waals surface area contributed by atoms with Crippen LogP contribution in [-0.4, -0.2) is 52.6 Å². The molecule has 0 radical (unpaired) electrons. The number of aromatic amines is 1. The predicted octanol–water partition coefficient (Wildman–Crippen LogP) is 3.47. The van der Waals surface area contributed by atoms with Crippen LogP contribution < -0.4 is 10.1 Å². The number of nitriles is 1. The molecule has 2 aromatic carbocycles. The molecule has 3 aromatic rings. The molecule has 8 nitrogen and oxygen atoms in total. The van der Waals surface area contributed by atoms with Crippen LogP contribution in [0.5, 0.6) is 5.75 Å². The van der Waals surface area contributed by atoms with Crippen LogP contribution in [0.25, 0.3) is 11.0 Å². The lowest BCUT2D eigenvalue weighted by molar-refractivity contribution is -0.189. The number of aromatic nitrogens is 2. The molecule has 2 atom stereocenters. The van der Waals surface area contributed by atoms with Crippen LogP contribution in [0.15, 0.2) is 42.5 Å². The lowest BCUT2D eigenvalue weighted by Gasteiger charge is -2.36. The maximum atomic E-state index is 12.9. The average molecular weight is 471 g/mol. The topological polar surface area (TPSA) is 111 Å². The van der Waals surface area contributed by atoms with Gasteiger partial charge in [0.1, 0.15) is 11.6 Å². The molecule has 1 amide bonds. The van der Waals surface area contributed by atoms with Gasteiger partial charge >= 0.3 is 12.1 Å². The van der Waals surface area contributed by atoms with Crippen LogP contribution in [-0.2, 0) is 4.79 Å². The standard InChI is InChI=1S/C23H20F3N5O3/c1-31-9-8-14(11-18(31)20-29-16-4-2-3-5-17(16)30-20)28-21(32)15-7-6-13(12-27)10-19(15)34-22(33)23(24,25)26/h2-7,10,14,18H,8-9,11H2,1H3,(H,28,32)(H,29,30)/t14-,18-/m1/s1. The van der Waals surface area contributed by atoms with Crippen molar-refractivity contribution in [1.82, 2.24) is 20.2 Å². The Kier molecular flexibility index (Phi) is 6.26. The summed E-state index contributed by atoms with van der Waals surface area (Å²) >= 11 is 0. The number of rotatable bonds is 4. The number of H-pyrrole nitrogens is 1. The molecule has 1 fully saturated rings. The van der Waals surface area contributed by atoms with Gasteiger partial charge in [0.2, 0.25) is 0 Å². The molecule has 34 heavy (non-hydrogen) atoms. The number of hydrogen-bond donors (Lipinski definition) is 2. The van der Waals surface area contributed by atoms with Gasteiger partial charge in [0.25, 0.3) is 5.91 Å². The van der Waals surface area contributed by atoms with Crippen LogP contribution in [0.3, 0.4) is 0 Å². The third-order valence-corrected chi connectivity index (χ3v) is 5.72. The zero-order valence-electron chi connectivity index (χ0n) is 18.0. The van der Waals surface area contributed by atoms with E-state index >= 15 is 0 Å². The number of benzene rings is 2. The van der Waals surface area contributed by atoms with E-state index in [1.807, 2.05) is 31.3 Å². The molecular formula is C23H20F3N5O3. The van der Waals surface area contributed by atoms with Crippen LogP contribution in [0.4, 0.5) is 13.2 Å². The first kappa shape index (κ1) is 23.3. The van der Waals surface area contributed by atoms with Crippen molar-refractivity contribution >= 4 is 22.9 Å². The van der Waals surface area contributed by atoms with Crippen molar-refractivity contribution < 1.29 is 27.5 Å². The number of amides is 1. The van der Waals surface area contributed by atoms with Gasteiger partial charge in [0, 0.05) is 12.6 Å². The zero-order valence-corrected chi connectivity index (χ0v) is 18.0. The Labute approximate surface area is 192 Å². The summed E-state index contributed by atoms with van der Waals surface area (Å²) in [7, 11) is 1.95. The fraction of sp³-hybridized carbons (Fsp3) is 0.304. The SMILES string of the molecule is CN1CC[C@@H](NC(=O)c2ccc(C#N)cc2OC(=O)C(F)(F)F)C[C@@H]1c1nc2ccccc2[nH]1. The van der Waals surface area contributed by atoms with Crippen LogP contribution in [0.2, 0.25) is 0 Å². The number of piperidine rings is 1. The Hall–Kier alpha value is -3.91. The smallest absolute Gasteiger partial charge is 0.419 e. The highest BCUT2D eigenvalue weighted by Gasteiger charge is 2.42. The van der Waals surface area contributed by atoms with E-state index in [2.05, 4.69) is 24.9 Å². The summed E-state index contributed by atoms with van der Waals surface area (Å²) in [4.78, 5) is 34.3. The molecule has 11 heteroatoms. The fourth-order valence-electron chi connectivity index (χ4n) is 3.95. The van der Waals surface area contributed by atoms with E-state index in [9.17, 15) is 22.8 Å². The highest BCUT2D eigenvalue weighted by Crippen LogP contribution is 2.30. The Bertz CT molecular complexity index is 1250. The second kappa shape index (κ2) is 9.15. The molecule has 176 valence electrons. The van der Waals surface area contributed by atoms with E-state index in [1.54, 1.807) is 6.07 Å². The first-order chi connectivity index (χ1) is 16.2. The van der Waals surface area contributed by atoms with Gasteiger partial charge in [-0.3, -0.25) is 9.69 Å². The number of halogens is 3. The number of fused-ring (bicyclic) bond motifs is 1. The fourth-order valence-corrected chi connectivity index (χ4v) is 3.95. The van der Waals surface area contributed by atoms with Gasteiger partial charge < -0.3 is 15.0 Å². The number of carbonyl (C=O) groups excluding carboxylic acids is 2. The number of hydrogen-bond acceptors (Lipinski definition) is 6. The quantitative estimate of drug-likeness (QED) is 0.445. The van der Waals surface area contributed by atoms with Crippen molar-refractivity contribution in [2.24, 2.45) is 0 Å². The van der Waals surface area contributed by atoms with E-state index in [0.717, 1.165) is 22.9 Å². The number of ether oxygens (including phenoxy) is 1. The van der Waals surface area contributed by atoms with Crippen molar-refractivity contribution in [3.05, 3.63) is 59.4 Å². The molecule has 1 aromatic heterocycles. The third-order valence-electron chi connectivity index (χ3n) is 5.72. The first-order valence-corrected chi connectivity index (χ1v) is 10.4. The Morgan fingerprint density at radius 1 is 1.26 bits per heavy atom. The second-order valence-corrected chi connectivity index (χ2v) is 8.04. The third kappa shape index (κ3) is 4.87. The second-order valence-electron chi connectivity index (χ2n) is 8.04. The van der Waals surface area contributed by atoms with Gasteiger partial charge in [-0.2, -0.15) is 18.4 Å². The van der Waals surface area contributed by atoms with Gasteiger partial charge in [-0.25, -0.2) is 9.78 Å². The maximum Gasteiger partial charge on any atom is 0.491 e. The number of likely N-dealkylation sites (tertiary alicyclic amines) is 1. The normalized spacial score (nSPS) is 18.9. The zero-order chi connectivity index (χ0) is 24.5. The summed E-state index contributed by atoms with van der Waals surface area (Å²) in [5.74, 6) is -3.05. The Morgan fingerprint density at radius 3 is 2.74 bits per heavy atom. The molecule has 2 heterocycles. The highest BCUT2D eigenvalue weighted by molar-refractivity contribution is 5.98. The average Bonchev–Trinajstić information content (AvgIpc) is 3.23. The molecule has 2 N–H and O–H groups in total. The largest absolute Gasteiger partial charge is 0.491 e. The number of alkyl halides is 3. The summed E-state index contributed by atoms with van der Waals surface area (Å²) in [5, 5.41) is 11.9. The minimum absolute atomic E-state index is 0.0502. The summed E-state index contributed by atoms with van der Waals surface area (Å²) < 4.78 is 42.5. The molecule has 1 saturated heterocycles. The minimum Gasteiger partial charge on any atom is -0.419 e. The van der Waals surface area contributed by atoms with Gasteiger partial charge in [-0.05, 0) is 50.2 Å². The van der Waals surface area contributed by atoms with Crippen molar-refractivity contribution in [2.45, 2.75) is 31.1 Å². The molecule has 0 unspecified atom stereocenters. The van der Waals surface area contributed by atoms with Crippen molar-refractivity contribution in [2.75, 3.05) is 13.6 Å². The van der Waals surface area contributed by atoms with Crippen molar-refractivity contribution in [3.8, 4) is 11.8 Å². The molecule has 4 rings (SSSR count). The number of nitrogens with zero attached hydrogens (tertiary/aromatic N) is 3. The van der Waals surface area contributed by atoms with E-state index in [0.29, 0.717) is 19.4 Å². The van der Waals surface area contributed by atoms with E-state index in [4.69, 9.17) is 5.26 Å². The Balaban J connectivity index is 1.53. The number of para-hydroxylation sites is 2. The molecule has 0 bridgehead atoms. The summed E-state index contributed by atoms with van der Waals surface area (Å²) in [6.07, 6.45) is -4.13. The summed E-state index contributed by atoms with van der Waals surface area (Å²) in [5.41, 5.74) is 1.40. The van der Waals surface area contributed by atoms with E-state index in [1.165, 1.54) is 12.1 Å². The number of carbonyl (C=O) groups is 2. The minimum atomic E-state index is -5.25. The van der Waals surface area contributed by atoms with Crippen LogP contribution >= 0.6 is 0 Å². The van der Waals surface area contributed by atoms with Gasteiger partial charge in [0.05, 0.1) is 34.3 Å². The lowest BCUT2D eigenvalue weighted by atomic mass is 9.96. The van der Waals surface area contributed by atoms with Crippen LogP contribution in [0, 0.1) is 11.3 Å².